The third-order valence-electron chi connectivity index (χ3n) is 5.09. The predicted molar refractivity (Wildman–Crippen MR) is 115 cm³/mol. The number of hydrogen-bond donors (Lipinski definition) is 0. The number of unbranched alkanes of at least 4 members (excludes halogenated alkanes) is 5. The highest BCUT2D eigenvalue weighted by atomic mass is 16.9. The normalized spacial score (nSPS) is 15.7. The van der Waals surface area contributed by atoms with Crippen LogP contribution in [0.15, 0.2) is 24.3 Å². The van der Waals surface area contributed by atoms with Crippen LogP contribution in [0.3, 0.4) is 0 Å². The first-order valence-corrected chi connectivity index (χ1v) is 11.5. The predicted octanol–water partition coefficient (Wildman–Crippen LogP) is 7.03. The van der Waals surface area contributed by atoms with E-state index in [-0.39, 0.29) is 5.92 Å². The minimum Gasteiger partial charge on any atom is -0.327 e. The van der Waals surface area contributed by atoms with Gasteiger partial charge in [0.25, 0.3) is 5.97 Å². The summed E-state index contributed by atoms with van der Waals surface area (Å²) in [6, 6.07) is 0. The molecule has 0 aromatic rings. The van der Waals surface area contributed by atoms with Crippen LogP contribution in [0.25, 0.3) is 0 Å². The first-order valence-electron chi connectivity index (χ1n) is 11.5. The number of hydrogen-bond acceptors (Lipinski definition) is 3. The zero-order chi connectivity index (χ0) is 19.8. The zero-order valence-electron chi connectivity index (χ0n) is 18.4. The summed E-state index contributed by atoms with van der Waals surface area (Å²) in [4.78, 5) is 0. The Balaban J connectivity index is 2.88. The van der Waals surface area contributed by atoms with E-state index in [0.29, 0.717) is 25.7 Å². The smallest absolute Gasteiger partial charge is 0.286 e. The fourth-order valence-electron chi connectivity index (χ4n) is 3.65. The second kappa shape index (κ2) is 15.3. The van der Waals surface area contributed by atoms with Crippen molar-refractivity contribution in [3.63, 3.8) is 0 Å². The highest BCUT2D eigenvalue weighted by Crippen LogP contribution is 2.39. The molecule has 0 bridgehead atoms. The van der Waals surface area contributed by atoms with Crippen LogP contribution >= 0.6 is 0 Å². The first-order chi connectivity index (χ1) is 13.2. The van der Waals surface area contributed by atoms with Crippen molar-refractivity contribution in [1.29, 1.82) is 0 Å². The molecule has 0 fully saturated rings. The van der Waals surface area contributed by atoms with Crippen molar-refractivity contribution >= 4 is 0 Å². The summed E-state index contributed by atoms with van der Waals surface area (Å²) in [5.41, 5.74) is 0. The molecule has 1 unspecified atom stereocenters. The van der Waals surface area contributed by atoms with E-state index in [1.54, 1.807) is 0 Å². The lowest BCUT2D eigenvalue weighted by molar-refractivity contribution is -0.408. The summed E-state index contributed by atoms with van der Waals surface area (Å²) in [5.74, 6) is -0.399. The fraction of sp³-hybridized carbons (Fsp3) is 0.833. The van der Waals surface area contributed by atoms with Gasteiger partial charge in [-0.2, -0.15) is 0 Å². The molecule has 0 amide bonds. The summed E-state index contributed by atoms with van der Waals surface area (Å²) in [6.07, 6.45) is 20.6. The minimum absolute atomic E-state index is 0.198. The summed E-state index contributed by atoms with van der Waals surface area (Å²) >= 11 is 0. The summed E-state index contributed by atoms with van der Waals surface area (Å²) in [5, 5.41) is 0. The van der Waals surface area contributed by atoms with E-state index in [1.807, 2.05) is 0 Å². The van der Waals surface area contributed by atoms with Gasteiger partial charge in [-0.05, 0) is 25.7 Å². The molecule has 0 aromatic heterocycles. The highest BCUT2D eigenvalue weighted by molar-refractivity contribution is 5.19. The molecule has 0 saturated carbocycles. The van der Waals surface area contributed by atoms with E-state index < -0.39 is 5.97 Å². The summed E-state index contributed by atoms with van der Waals surface area (Å²) < 4.78 is 19.0. The molecule has 27 heavy (non-hydrogen) atoms. The Morgan fingerprint density at radius 3 is 1.63 bits per heavy atom. The van der Waals surface area contributed by atoms with Gasteiger partial charge in [-0.15, -0.1) is 0 Å². The van der Waals surface area contributed by atoms with Crippen molar-refractivity contribution in [3.05, 3.63) is 24.3 Å². The van der Waals surface area contributed by atoms with E-state index in [9.17, 15) is 0 Å². The van der Waals surface area contributed by atoms with E-state index in [0.717, 1.165) is 25.7 Å². The van der Waals surface area contributed by atoms with Gasteiger partial charge in [-0.25, -0.2) is 0 Å². The first kappa shape index (κ1) is 24.4. The molecule has 0 saturated heterocycles. The SMILES string of the molecule is CCCCCCCCC(C1C=CC=C1)C(OCCC)(OCCC)OCCC. The van der Waals surface area contributed by atoms with Crippen molar-refractivity contribution in [2.45, 2.75) is 97.9 Å². The van der Waals surface area contributed by atoms with Crippen LogP contribution < -0.4 is 0 Å². The molecule has 0 radical (unpaired) electrons. The standard InChI is InChI=1S/C24H44O3/c1-5-9-10-11-12-13-18-23(22-16-14-15-17-22)24(25-19-6-2,26-20-7-3)27-21-8-4/h14-17,22-23H,5-13,18-21H2,1-4H3. The van der Waals surface area contributed by atoms with E-state index in [1.165, 1.54) is 38.5 Å². The lowest BCUT2D eigenvalue weighted by Gasteiger charge is -2.41. The molecule has 3 heteroatoms. The summed E-state index contributed by atoms with van der Waals surface area (Å²) in [7, 11) is 0. The molecular formula is C24H44O3. The van der Waals surface area contributed by atoms with Gasteiger partial charge in [0.05, 0.1) is 25.7 Å². The van der Waals surface area contributed by atoms with Crippen LogP contribution in [0, 0.1) is 11.8 Å². The maximum absolute atomic E-state index is 6.34. The topological polar surface area (TPSA) is 27.7 Å². The molecule has 0 spiro atoms. The summed E-state index contributed by atoms with van der Waals surface area (Å²) in [6.45, 7) is 10.7. The van der Waals surface area contributed by atoms with Gasteiger partial charge in [-0.3, -0.25) is 0 Å². The Bertz CT molecular complexity index is 369. The molecule has 1 rings (SSSR count). The molecule has 0 aliphatic heterocycles. The molecule has 1 aliphatic rings. The van der Waals surface area contributed by atoms with Crippen LogP contribution in [0.4, 0.5) is 0 Å². The second-order valence-electron chi connectivity index (χ2n) is 7.66. The Kier molecular flexibility index (Phi) is 13.8. The van der Waals surface area contributed by atoms with Crippen LogP contribution in [-0.2, 0) is 14.2 Å². The van der Waals surface area contributed by atoms with E-state index >= 15 is 0 Å². The Labute approximate surface area is 168 Å². The van der Waals surface area contributed by atoms with Gasteiger partial charge in [0.15, 0.2) is 0 Å². The Hall–Kier alpha value is -0.640. The van der Waals surface area contributed by atoms with Crippen LogP contribution in [0.5, 0.6) is 0 Å². The van der Waals surface area contributed by atoms with Crippen LogP contribution in [0.1, 0.15) is 91.9 Å². The van der Waals surface area contributed by atoms with Gasteiger partial charge in [-0.1, -0.05) is 90.5 Å². The second-order valence-corrected chi connectivity index (χ2v) is 7.66. The quantitative estimate of drug-likeness (QED) is 0.189. The largest absolute Gasteiger partial charge is 0.327 e. The Morgan fingerprint density at radius 2 is 1.15 bits per heavy atom. The van der Waals surface area contributed by atoms with Crippen molar-refractivity contribution < 1.29 is 14.2 Å². The molecule has 3 nitrogen and oxygen atoms in total. The molecule has 1 aliphatic carbocycles. The van der Waals surface area contributed by atoms with Gasteiger partial charge in [0.2, 0.25) is 0 Å². The third kappa shape index (κ3) is 8.93. The van der Waals surface area contributed by atoms with Crippen LogP contribution in [-0.4, -0.2) is 25.8 Å². The molecular weight excluding hydrogens is 336 g/mol. The van der Waals surface area contributed by atoms with Gasteiger partial charge in [0, 0.05) is 5.92 Å². The molecule has 158 valence electrons. The monoisotopic (exact) mass is 380 g/mol. The molecule has 0 aromatic carbocycles. The number of ether oxygens (including phenoxy) is 3. The highest BCUT2D eigenvalue weighted by Gasteiger charge is 2.45. The number of allylic oxidation sites excluding steroid dienone is 4. The average Bonchev–Trinajstić information content (AvgIpc) is 3.22. The van der Waals surface area contributed by atoms with Crippen molar-refractivity contribution in [1.82, 2.24) is 0 Å². The lowest BCUT2D eigenvalue weighted by atomic mass is 9.85. The average molecular weight is 381 g/mol. The van der Waals surface area contributed by atoms with Crippen molar-refractivity contribution in [2.75, 3.05) is 19.8 Å². The lowest BCUT2D eigenvalue weighted by Crippen LogP contribution is -2.49. The minimum atomic E-state index is -0.921. The number of rotatable bonds is 18. The fourth-order valence-corrected chi connectivity index (χ4v) is 3.65. The molecule has 0 heterocycles. The van der Waals surface area contributed by atoms with Gasteiger partial charge in [0.1, 0.15) is 0 Å². The Morgan fingerprint density at radius 1 is 0.667 bits per heavy atom. The van der Waals surface area contributed by atoms with E-state index in [4.69, 9.17) is 14.2 Å². The maximum atomic E-state index is 6.34. The van der Waals surface area contributed by atoms with Crippen molar-refractivity contribution in [3.8, 4) is 0 Å². The van der Waals surface area contributed by atoms with Crippen molar-refractivity contribution in [2.24, 2.45) is 11.8 Å². The van der Waals surface area contributed by atoms with E-state index in [2.05, 4.69) is 52.0 Å². The van der Waals surface area contributed by atoms with Crippen LogP contribution in [0.2, 0.25) is 0 Å². The molecule has 0 N–H and O–H groups in total. The zero-order valence-corrected chi connectivity index (χ0v) is 18.4. The third-order valence-corrected chi connectivity index (χ3v) is 5.09. The van der Waals surface area contributed by atoms with Gasteiger partial charge >= 0.3 is 0 Å². The van der Waals surface area contributed by atoms with Gasteiger partial charge < -0.3 is 14.2 Å². The maximum Gasteiger partial charge on any atom is 0.286 e. The molecule has 1 atom stereocenters.